The first-order chi connectivity index (χ1) is 15.9. The maximum atomic E-state index is 13.0. The number of carbonyl (C=O) groups is 1. The number of hydrogen-bond acceptors (Lipinski definition) is 6. The standard InChI is InChI=1S/C24H27N3O4S2/c1-3-31-20-10-8-18(9-11-20)22-16-32-24(25-22)26-23(28)19-5-4-14-27(15-19)33(29,30)21-12-6-17(2)7-13-21/h6-13,16,19H,3-5,14-15H2,1-2H3,(H,25,26,28). The highest BCUT2D eigenvalue weighted by Gasteiger charge is 2.33. The lowest BCUT2D eigenvalue weighted by Gasteiger charge is -2.31. The number of nitrogens with one attached hydrogen (secondary N) is 1. The van der Waals surface area contributed by atoms with Gasteiger partial charge in [-0.1, -0.05) is 17.7 Å². The van der Waals surface area contributed by atoms with Crippen molar-refractivity contribution in [2.75, 3.05) is 25.0 Å². The molecule has 0 aliphatic carbocycles. The van der Waals surface area contributed by atoms with Gasteiger partial charge in [-0.15, -0.1) is 11.3 Å². The summed E-state index contributed by atoms with van der Waals surface area (Å²) in [5, 5.41) is 5.27. The lowest BCUT2D eigenvalue weighted by molar-refractivity contribution is -0.120. The van der Waals surface area contributed by atoms with E-state index in [1.54, 1.807) is 24.3 Å². The van der Waals surface area contributed by atoms with Gasteiger partial charge in [0.1, 0.15) is 5.75 Å². The molecule has 1 amide bonds. The Labute approximate surface area is 198 Å². The third-order valence-corrected chi connectivity index (χ3v) is 8.25. The molecule has 1 atom stereocenters. The topological polar surface area (TPSA) is 88.6 Å². The number of ether oxygens (including phenoxy) is 1. The number of anilines is 1. The Bertz CT molecular complexity index is 1210. The minimum atomic E-state index is -3.63. The zero-order valence-corrected chi connectivity index (χ0v) is 20.3. The van der Waals surface area contributed by atoms with Crippen LogP contribution in [0.1, 0.15) is 25.3 Å². The number of rotatable bonds is 7. The highest BCUT2D eigenvalue weighted by atomic mass is 32.2. The molecule has 7 nitrogen and oxygen atoms in total. The van der Waals surface area contributed by atoms with Gasteiger partial charge in [0.05, 0.1) is 23.1 Å². The fourth-order valence-corrected chi connectivity index (χ4v) is 6.04. The van der Waals surface area contributed by atoms with Gasteiger partial charge in [0, 0.05) is 24.0 Å². The van der Waals surface area contributed by atoms with Crippen LogP contribution in [-0.4, -0.2) is 43.3 Å². The largest absolute Gasteiger partial charge is 0.494 e. The Morgan fingerprint density at radius 3 is 2.61 bits per heavy atom. The molecule has 1 unspecified atom stereocenters. The number of aryl methyl sites for hydroxylation is 1. The van der Waals surface area contributed by atoms with E-state index in [0.717, 1.165) is 22.6 Å². The number of sulfonamides is 1. The Morgan fingerprint density at radius 2 is 1.91 bits per heavy atom. The van der Waals surface area contributed by atoms with Crippen molar-refractivity contribution in [1.29, 1.82) is 0 Å². The monoisotopic (exact) mass is 485 g/mol. The van der Waals surface area contributed by atoms with Crippen LogP contribution in [0.2, 0.25) is 0 Å². The number of benzene rings is 2. The van der Waals surface area contributed by atoms with E-state index in [1.165, 1.54) is 15.6 Å². The van der Waals surface area contributed by atoms with Crippen molar-refractivity contribution in [2.24, 2.45) is 5.92 Å². The van der Waals surface area contributed by atoms with Crippen LogP contribution in [0.4, 0.5) is 5.13 Å². The first kappa shape index (κ1) is 23.4. The van der Waals surface area contributed by atoms with Crippen molar-refractivity contribution in [3.63, 3.8) is 0 Å². The van der Waals surface area contributed by atoms with E-state index in [-0.39, 0.29) is 17.3 Å². The number of aromatic nitrogens is 1. The maximum absolute atomic E-state index is 13.0. The average Bonchev–Trinajstić information content (AvgIpc) is 3.28. The normalized spacial score (nSPS) is 17.0. The lowest BCUT2D eigenvalue weighted by Crippen LogP contribution is -2.43. The maximum Gasteiger partial charge on any atom is 0.243 e. The molecule has 2 heterocycles. The summed E-state index contributed by atoms with van der Waals surface area (Å²) < 4.78 is 32.9. The van der Waals surface area contributed by atoms with E-state index in [1.807, 2.05) is 43.5 Å². The Morgan fingerprint density at radius 1 is 1.18 bits per heavy atom. The summed E-state index contributed by atoms with van der Waals surface area (Å²) in [5.41, 5.74) is 2.70. The summed E-state index contributed by atoms with van der Waals surface area (Å²) >= 11 is 1.35. The molecule has 4 rings (SSSR count). The number of piperidine rings is 1. The molecule has 1 saturated heterocycles. The van der Waals surface area contributed by atoms with Crippen molar-refractivity contribution in [1.82, 2.24) is 9.29 Å². The Hall–Kier alpha value is -2.75. The van der Waals surface area contributed by atoms with Gasteiger partial charge in [-0.25, -0.2) is 13.4 Å². The van der Waals surface area contributed by atoms with Gasteiger partial charge in [-0.05, 0) is 63.1 Å². The van der Waals surface area contributed by atoms with Crippen molar-refractivity contribution >= 4 is 32.4 Å². The van der Waals surface area contributed by atoms with Gasteiger partial charge in [-0.2, -0.15) is 4.31 Å². The fourth-order valence-electron chi connectivity index (χ4n) is 3.79. The van der Waals surface area contributed by atoms with E-state index >= 15 is 0 Å². The molecule has 0 radical (unpaired) electrons. The summed E-state index contributed by atoms with van der Waals surface area (Å²) in [6.07, 6.45) is 1.28. The second-order valence-electron chi connectivity index (χ2n) is 8.00. The Kier molecular flexibility index (Phi) is 7.11. The van der Waals surface area contributed by atoms with E-state index < -0.39 is 15.9 Å². The summed E-state index contributed by atoms with van der Waals surface area (Å²) in [6, 6.07) is 14.4. The predicted octanol–water partition coefficient (Wildman–Crippen LogP) is 4.56. The van der Waals surface area contributed by atoms with E-state index in [2.05, 4.69) is 10.3 Å². The van der Waals surface area contributed by atoms with Gasteiger partial charge in [0.2, 0.25) is 15.9 Å². The highest BCUT2D eigenvalue weighted by Crippen LogP contribution is 2.28. The number of nitrogens with zero attached hydrogens (tertiary/aromatic N) is 2. The van der Waals surface area contributed by atoms with Crippen molar-refractivity contribution in [3.05, 3.63) is 59.5 Å². The molecule has 33 heavy (non-hydrogen) atoms. The zero-order valence-electron chi connectivity index (χ0n) is 18.7. The fraction of sp³-hybridized carbons (Fsp3) is 0.333. The molecular weight excluding hydrogens is 458 g/mol. The molecular formula is C24H27N3O4S2. The van der Waals surface area contributed by atoms with Crippen LogP contribution in [0.3, 0.4) is 0 Å². The van der Waals surface area contributed by atoms with Crippen LogP contribution in [-0.2, 0) is 14.8 Å². The third kappa shape index (κ3) is 5.43. The van der Waals surface area contributed by atoms with Crippen LogP contribution < -0.4 is 10.1 Å². The van der Waals surface area contributed by atoms with Gasteiger partial charge >= 0.3 is 0 Å². The van der Waals surface area contributed by atoms with E-state index in [9.17, 15) is 13.2 Å². The number of hydrogen-bond donors (Lipinski definition) is 1. The summed E-state index contributed by atoms with van der Waals surface area (Å²) in [4.78, 5) is 17.7. The number of amides is 1. The molecule has 2 aromatic carbocycles. The van der Waals surface area contributed by atoms with E-state index in [4.69, 9.17) is 4.74 Å². The van der Waals surface area contributed by atoms with Crippen molar-refractivity contribution in [2.45, 2.75) is 31.6 Å². The van der Waals surface area contributed by atoms with Gasteiger partial charge in [-0.3, -0.25) is 4.79 Å². The van der Waals surface area contributed by atoms with Gasteiger partial charge in [0.15, 0.2) is 5.13 Å². The van der Waals surface area contributed by atoms with Crippen molar-refractivity contribution in [3.8, 4) is 17.0 Å². The minimum Gasteiger partial charge on any atom is -0.494 e. The van der Waals surface area contributed by atoms with Gasteiger partial charge in [0.25, 0.3) is 0 Å². The molecule has 3 aromatic rings. The second-order valence-corrected chi connectivity index (χ2v) is 10.8. The predicted molar refractivity (Wildman–Crippen MR) is 130 cm³/mol. The van der Waals surface area contributed by atoms with Crippen LogP contribution in [0, 0.1) is 12.8 Å². The lowest BCUT2D eigenvalue weighted by atomic mass is 9.99. The number of carbonyl (C=O) groups excluding carboxylic acids is 1. The number of thiazole rings is 1. The van der Waals surface area contributed by atoms with E-state index in [0.29, 0.717) is 31.1 Å². The Balaban J connectivity index is 1.41. The molecule has 9 heteroatoms. The summed E-state index contributed by atoms with van der Waals surface area (Å²) in [6.45, 7) is 5.04. The third-order valence-electron chi connectivity index (χ3n) is 5.61. The molecule has 1 aliphatic rings. The minimum absolute atomic E-state index is 0.166. The molecule has 1 aromatic heterocycles. The molecule has 1 aliphatic heterocycles. The van der Waals surface area contributed by atoms with Gasteiger partial charge < -0.3 is 10.1 Å². The van der Waals surface area contributed by atoms with Crippen LogP contribution >= 0.6 is 11.3 Å². The smallest absolute Gasteiger partial charge is 0.243 e. The first-order valence-electron chi connectivity index (χ1n) is 10.9. The summed E-state index contributed by atoms with van der Waals surface area (Å²) in [5.74, 6) is 0.177. The molecule has 0 bridgehead atoms. The van der Waals surface area contributed by atoms with Crippen LogP contribution in [0.25, 0.3) is 11.3 Å². The van der Waals surface area contributed by atoms with Crippen LogP contribution in [0.15, 0.2) is 58.8 Å². The molecule has 0 saturated carbocycles. The summed E-state index contributed by atoms with van der Waals surface area (Å²) in [7, 11) is -3.63. The SMILES string of the molecule is CCOc1ccc(-c2csc(NC(=O)C3CCCN(S(=O)(=O)c4ccc(C)cc4)C3)n2)cc1. The second kappa shape index (κ2) is 10.0. The quantitative estimate of drug-likeness (QED) is 0.530. The molecule has 0 spiro atoms. The molecule has 1 N–H and O–H groups in total. The van der Waals surface area contributed by atoms with Crippen LogP contribution in [0.5, 0.6) is 5.75 Å². The first-order valence-corrected chi connectivity index (χ1v) is 13.2. The molecule has 1 fully saturated rings. The van der Waals surface area contributed by atoms with Crippen molar-refractivity contribution < 1.29 is 17.9 Å². The highest BCUT2D eigenvalue weighted by molar-refractivity contribution is 7.89. The average molecular weight is 486 g/mol. The molecule has 174 valence electrons. The zero-order chi connectivity index (χ0) is 23.4.